The van der Waals surface area contributed by atoms with E-state index in [4.69, 9.17) is 11.6 Å². The van der Waals surface area contributed by atoms with E-state index in [-0.39, 0.29) is 0 Å². The van der Waals surface area contributed by atoms with E-state index >= 15 is 0 Å². The van der Waals surface area contributed by atoms with Crippen molar-refractivity contribution in [1.29, 1.82) is 0 Å². The monoisotopic (exact) mass is 303 g/mol. The molecule has 1 nitrogen and oxygen atoms in total. The van der Waals surface area contributed by atoms with Gasteiger partial charge in [-0.25, -0.2) is 0 Å². The SMILES string of the molecule is CCCC(C)C(NC)c1ccc(Br)c(Cl)c1. The van der Waals surface area contributed by atoms with E-state index in [2.05, 4.69) is 41.2 Å². The average Bonchev–Trinajstić information content (AvgIpc) is 2.25. The van der Waals surface area contributed by atoms with Crippen LogP contribution in [0.2, 0.25) is 5.02 Å². The highest BCUT2D eigenvalue weighted by atomic mass is 79.9. The van der Waals surface area contributed by atoms with Crippen molar-refractivity contribution >= 4 is 27.5 Å². The van der Waals surface area contributed by atoms with Gasteiger partial charge in [0.1, 0.15) is 0 Å². The van der Waals surface area contributed by atoms with Gasteiger partial charge in [-0.15, -0.1) is 0 Å². The van der Waals surface area contributed by atoms with Crippen molar-refractivity contribution in [3.63, 3.8) is 0 Å². The van der Waals surface area contributed by atoms with Gasteiger partial charge < -0.3 is 5.32 Å². The van der Waals surface area contributed by atoms with Crippen molar-refractivity contribution in [2.45, 2.75) is 32.7 Å². The van der Waals surface area contributed by atoms with Crippen LogP contribution in [0.5, 0.6) is 0 Å². The molecule has 1 aromatic rings. The fourth-order valence-electron chi connectivity index (χ4n) is 2.11. The molecule has 0 fully saturated rings. The Labute approximate surface area is 112 Å². The summed E-state index contributed by atoms with van der Waals surface area (Å²) in [5, 5.41) is 4.15. The molecule has 90 valence electrons. The normalized spacial score (nSPS) is 14.8. The van der Waals surface area contributed by atoms with Crippen LogP contribution in [0.15, 0.2) is 22.7 Å². The second-order valence-electron chi connectivity index (χ2n) is 4.21. The van der Waals surface area contributed by atoms with Gasteiger partial charge in [-0.2, -0.15) is 0 Å². The van der Waals surface area contributed by atoms with Crippen molar-refractivity contribution in [3.05, 3.63) is 33.3 Å². The van der Waals surface area contributed by atoms with Crippen LogP contribution in [-0.2, 0) is 0 Å². The van der Waals surface area contributed by atoms with E-state index in [1.165, 1.54) is 18.4 Å². The first-order valence-electron chi connectivity index (χ1n) is 5.72. The molecule has 2 atom stereocenters. The van der Waals surface area contributed by atoms with E-state index in [9.17, 15) is 0 Å². The molecule has 0 spiro atoms. The molecule has 2 unspecified atom stereocenters. The molecular formula is C13H19BrClN. The predicted molar refractivity (Wildman–Crippen MR) is 75.0 cm³/mol. The van der Waals surface area contributed by atoms with E-state index < -0.39 is 0 Å². The van der Waals surface area contributed by atoms with Crippen molar-refractivity contribution in [2.24, 2.45) is 5.92 Å². The van der Waals surface area contributed by atoms with Crippen LogP contribution in [0.4, 0.5) is 0 Å². The molecule has 3 heteroatoms. The van der Waals surface area contributed by atoms with E-state index in [0.29, 0.717) is 12.0 Å². The minimum atomic E-state index is 0.380. The van der Waals surface area contributed by atoms with Crippen molar-refractivity contribution < 1.29 is 0 Å². The fraction of sp³-hybridized carbons (Fsp3) is 0.538. The Morgan fingerprint density at radius 3 is 2.62 bits per heavy atom. The second-order valence-corrected chi connectivity index (χ2v) is 5.47. The Balaban J connectivity index is 2.90. The molecule has 0 aliphatic heterocycles. The van der Waals surface area contributed by atoms with Crippen molar-refractivity contribution in [1.82, 2.24) is 5.32 Å². The summed E-state index contributed by atoms with van der Waals surface area (Å²) < 4.78 is 0.955. The third-order valence-electron chi connectivity index (χ3n) is 2.93. The minimum Gasteiger partial charge on any atom is -0.313 e. The molecule has 1 aromatic carbocycles. The lowest BCUT2D eigenvalue weighted by Crippen LogP contribution is -2.23. The Morgan fingerprint density at radius 2 is 2.12 bits per heavy atom. The fourth-order valence-corrected chi connectivity index (χ4v) is 2.54. The van der Waals surface area contributed by atoms with E-state index in [1.54, 1.807) is 0 Å². The molecule has 1 rings (SSSR count). The summed E-state index contributed by atoms with van der Waals surface area (Å²) in [6.07, 6.45) is 2.43. The van der Waals surface area contributed by atoms with Gasteiger partial charge in [-0.3, -0.25) is 0 Å². The van der Waals surface area contributed by atoms with Crippen LogP contribution < -0.4 is 5.32 Å². The standard InChI is InChI=1S/C13H19BrClN/c1-4-5-9(2)13(16-3)10-6-7-11(14)12(15)8-10/h6-9,13,16H,4-5H2,1-3H3. The Bertz CT molecular complexity index is 341. The highest BCUT2D eigenvalue weighted by Crippen LogP contribution is 2.30. The van der Waals surface area contributed by atoms with Crippen molar-refractivity contribution in [3.8, 4) is 0 Å². The van der Waals surface area contributed by atoms with Gasteiger partial charge in [0.25, 0.3) is 0 Å². The van der Waals surface area contributed by atoms with E-state index in [0.717, 1.165) is 9.50 Å². The molecule has 0 radical (unpaired) electrons. The zero-order valence-electron chi connectivity index (χ0n) is 10.1. The first kappa shape index (κ1) is 14.0. The maximum Gasteiger partial charge on any atom is 0.0551 e. The van der Waals surface area contributed by atoms with Crippen LogP contribution in [0, 0.1) is 5.92 Å². The van der Waals surface area contributed by atoms with Crippen LogP contribution in [0.25, 0.3) is 0 Å². The zero-order valence-corrected chi connectivity index (χ0v) is 12.4. The molecule has 0 saturated heterocycles. The van der Waals surface area contributed by atoms with Gasteiger partial charge in [0.2, 0.25) is 0 Å². The minimum absolute atomic E-state index is 0.380. The average molecular weight is 305 g/mol. The van der Waals surface area contributed by atoms with Gasteiger partial charge in [-0.1, -0.05) is 37.9 Å². The van der Waals surface area contributed by atoms with Crippen LogP contribution in [-0.4, -0.2) is 7.05 Å². The number of halogens is 2. The van der Waals surface area contributed by atoms with Crippen LogP contribution in [0.1, 0.15) is 38.3 Å². The van der Waals surface area contributed by atoms with Crippen molar-refractivity contribution in [2.75, 3.05) is 7.05 Å². The molecule has 0 bridgehead atoms. The summed E-state index contributed by atoms with van der Waals surface area (Å²) in [6.45, 7) is 4.50. The summed E-state index contributed by atoms with van der Waals surface area (Å²) in [6, 6.07) is 6.56. The van der Waals surface area contributed by atoms with Gasteiger partial charge in [0.05, 0.1) is 5.02 Å². The third kappa shape index (κ3) is 3.47. The van der Waals surface area contributed by atoms with Crippen LogP contribution >= 0.6 is 27.5 Å². The number of rotatable bonds is 5. The summed E-state index contributed by atoms with van der Waals surface area (Å²) in [4.78, 5) is 0. The highest BCUT2D eigenvalue weighted by molar-refractivity contribution is 9.10. The lowest BCUT2D eigenvalue weighted by atomic mass is 9.91. The Morgan fingerprint density at radius 1 is 1.44 bits per heavy atom. The summed E-state index contributed by atoms with van der Waals surface area (Å²) in [5.41, 5.74) is 1.26. The number of nitrogens with one attached hydrogen (secondary N) is 1. The van der Waals surface area contributed by atoms with Crippen LogP contribution in [0.3, 0.4) is 0 Å². The van der Waals surface area contributed by atoms with Gasteiger partial charge in [0.15, 0.2) is 0 Å². The molecule has 1 N–H and O–H groups in total. The predicted octanol–water partition coefficient (Wildman–Crippen LogP) is 4.80. The maximum absolute atomic E-state index is 6.12. The smallest absolute Gasteiger partial charge is 0.0551 e. The number of hydrogen-bond donors (Lipinski definition) is 1. The molecule has 0 heterocycles. The molecule has 0 aliphatic carbocycles. The first-order valence-corrected chi connectivity index (χ1v) is 6.89. The molecular weight excluding hydrogens is 286 g/mol. The first-order chi connectivity index (χ1) is 7.60. The summed E-state index contributed by atoms with van der Waals surface area (Å²) in [5.74, 6) is 0.618. The lowest BCUT2D eigenvalue weighted by molar-refractivity contribution is 0.384. The second kappa shape index (κ2) is 6.63. The zero-order chi connectivity index (χ0) is 12.1. The number of benzene rings is 1. The summed E-state index contributed by atoms with van der Waals surface area (Å²) >= 11 is 9.54. The topological polar surface area (TPSA) is 12.0 Å². The summed E-state index contributed by atoms with van der Waals surface area (Å²) in [7, 11) is 2.01. The third-order valence-corrected chi connectivity index (χ3v) is 4.16. The van der Waals surface area contributed by atoms with Gasteiger partial charge in [-0.05, 0) is 53.0 Å². The molecule has 16 heavy (non-hydrogen) atoms. The highest BCUT2D eigenvalue weighted by Gasteiger charge is 2.17. The quantitative estimate of drug-likeness (QED) is 0.824. The molecule has 0 saturated carbocycles. The maximum atomic E-state index is 6.12. The molecule has 0 aliphatic rings. The van der Waals surface area contributed by atoms with Gasteiger partial charge >= 0.3 is 0 Å². The molecule has 0 aromatic heterocycles. The lowest BCUT2D eigenvalue weighted by Gasteiger charge is -2.24. The van der Waals surface area contributed by atoms with E-state index in [1.807, 2.05) is 19.2 Å². The Kier molecular flexibility index (Phi) is 5.81. The van der Waals surface area contributed by atoms with Gasteiger partial charge in [0, 0.05) is 10.5 Å². The number of hydrogen-bond acceptors (Lipinski definition) is 1. The molecule has 0 amide bonds. The Hall–Kier alpha value is -0.0500. The largest absolute Gasteiger partial charge is 0.313 e.